The third kappa shape index (κ3) is 4.92. The van der Waals surface area contributed by atoms with Crippen LogP contribution in [0.25, 0.3) is 0 Å². The number of methoxy groups -OCH3 is 1. The molecule has 1 saturated heterocycles. The Morgan fingerprint density at radius 2 is 2.22 bits per heavy atom. The van der Waals surface area contributed by atoms with Crippen LogP contribution in [-0.2, 0) is 11.3 Å². The van der Waals surface area contributed by atoms with Crippen molar-refractivity contribution >= 4 is 11.6 Å². The zero-order valence-electron chi connectivity index (χ0n) is 13.7. The van der Waals surface area contributed by atoms with Crippen LogP contribution < -0.4 is 5.32 Å². The van der Waals surface area contributed by atoms with E-state index in [2.05, 4.69) is 15.2 Å². The SMILES string of the molecule is CCNC(=NCc1ccc([N+](=O)[O-])cc1)N1CCC(COC)C1. The Bertz CT molecular complexity index is 545. The molecule has 0 aliphatic carbocycles. The summed E-state index contributed by atoms with van der Waals surface area (Å²) in [7, 11) is 1.73. The number of nitrogens with zero attached hydrogens (tertiary/aromatic N) is 3. The minimum absolute atomic E-state index is 0.103. The third-order valence-electron chi connectivity index (χ3n) is 3.88. The van der Waals surface area contributed by atoms with Crippen LogP contribution in [0.15, 0.2) is 29.3 Å². The second-order valence-corrected chi connectivity index (χ2v) is 5.65. The molecule has 126 valence electrons. The minimum atomic E-state index is -0.392. The van der Waals surface area contributed by atoms with Crippen LogP contribution in [0.3, 0.4) is 0 Å². The van der Waals surface area contributed by atoms with Crippen LogP contribution in [0.4, 0.5) is 5.69 Å². The molecule has 1 heterocycles. The predicted octanol–water partition coefficient (Wildman–Crippen LogP) is 2.03. The minimum Gasteiger partial charge on any atom is -0.384 e. The molecule has 1 aromatic rings. The van der Waals surface area contributed by atoms with E-state index in [1.54, 1.807) is 19.2 Å². The number of aliphatic imine (C=N–C) groups is 1. The molecule has 0 saturated carbocycles. The van der Waals surface area contributed by atoms with Crippen LogP contribution in [0.5, 0.6) is 0 Å². The standard InChI is InChI=1S/C16H24N4O3/c1-3-17-16(19-9-8-14(11-19)12-23-2)18-10-13-4-6-15(7-5-13)20(21)22/h4-7,14H,3,8-12H2,1-2H3,(H,17,18). The average Bonchev–Trinajstić information content (AvgIpc) is 3.00. The maximum Gasteiger partial charge on any atom is 0.269 e. The summed E-state index contributed by atoms with van der Waals surface area (Å²) in [6.07, 6.45) is 1.11. The Kier molecular flexibility index (Phi) is 6.34. The molecule has 2 rings (SSSR count). The molecule has 0 radical (unpaired) electrons. The molecular weight excluding hydrogens is 296 g/mol. The second-order valence-electron chi connectivity index (χ2n) is 5.65. The monoisotopic (exact) mass is 320 g/mol. The zero-order chi connectivity index (χ0) is 16.7. The van der Waals surface area contributed by atoms with E-state index in [0.29, 0.717) is 12.5 Å². The summed E-state index contributed by atoms with van der Waals surface area (Å²) in [6, 6.07) is 6.54. The van der Waals surface area contributed by atoms with Crippen molar-refractivity contribution in [3.8, 4) is 0 Å². The Labute approximate surface area is 136 Å². The Morgan fingerprint density at radius 3 is 2.83 bits per heavy atom. The summed E-state index contributed by atoms with van der Waals surface area (Å²) in [5.74, 6) is 1.44. The topological polar surface area (TPSA) is 80.0 Å². The molecule has 0 aromatic heterocycles. The van der Waals surface area contributed by atoms with Crippen LogP contribution in [0, 0.1) is 16.0 Å². The van der Waals surface area contributed by atoms with E-state index in [4.69, 9.17) is 4.74 Å². The van der Waals surface area contributed by atoms with Gasteiger partial charge in [0.15, 0.2) is 5.96 Å². The summed E-state index contributed by atoms with van der Waals surface area (Å²) in [6.45, 7) is 6.05. The molecule has 1 N–H and O–H groups in total. The van der Waals surface area contributed by atoms with E-state index in [9.17, 15) is 10.1 Å². The number of nitro groups is 1. The largest absolute Gasteiger partial charge is 0.384 e. The fraction of sp³-hybridized carbons (Fsp3) is 0.562. The molecule has 0 spiro atoms. The van der Waals surface area contributed by atoms with Gasteiger partial charge < -0.3 is 15.0 Å². The number of guanidine groups is 1. The molecule has 0 bridgehead atoms. The smallest absolute Gasteiger partial charge is 0.269 e. The Balaban J connectivity index is 1.99. The summed E-state index contributed by atoms with van der Waals surface area (Å²) in [5.41, 5.74) is 1.06. The van der Waals surface area contributed by atoms with Crippen molar-refractivity contribution in [2.75, 3.05) is 33.4 Å². The van der Waals surface area contributed by atoms with Crippen molar-refractivity contribution in [2.24, 2.45) is 10.9 Å². The van der Waals surface area contributed by atoms with Gasteiger partial charge in [-0.05, 0) is 18.9 Å². The number of rotatable bonds is 6. The van der Waals surface area contributed by atoms with E-state index in [-0.39, 0.29) is 5.69 Å². The normalized spacial score (nSPS) is 18.3. The molecular formula is C16H24N4O3. The van der Waals surface area contributed by atoms with Crippen molar-refractivity contribution < 1.29 is 9.66 Å². The molecule has 1 fully saturated rings. The van der Waals surface area contributed by atoms with E-state index >= 15 is 0 Å². The number of nitrogens with one attached hydrogen (secondary N) is 1. The average molecular weight is 320 g/mol. The molecule has 1 aromatic carbocycles. The lowest BCUT2D eigenvalue weighted by molar-refractivity contribution is -0.384. The van der Waals surface area contributed by atoms with Gasteiger partial charge in [-0.3, -0.25) is 10.1 Å². The quantitative estimate of drug-likeness (QED) is 0.375. The van der Waals surface area contributed by atoms with Gasteiger partial charge in [0.2, 0.25) is 0 Å². The highest BCUT2D eigenvalue weighted by molar-refractivity contribution is 5.80. The van der Waals surface area contributed by atoms with Gasteiger partial charge in [0.25, 0.3) is 5.69 Å². The van der Waals surface area contributed by atoms with Gasteiger partial charge in [0.1, 0.15) is 0 Å². The van der Waals surface area contributed by atoms with E-state index < -0.39 is 4.92 Å². The van der Waals surface area contributed by atoms with Gasteiger partial charge in [0.05, 0.1) is 18.1 Å². The molecule has 1 unspecified atom stereocenters. The Hall–Kier alpha value is -2.15. The Morgan fingerprint density at radius 1 is 1.48 bits per heavy atom. The first kappa shape index (κ1) is 17.2. The number of hydrogen-bond acceptors (Lipinski definition) is 4. The number of likely N-dealkylation sites (tertiary alicyclic amines) is 1. The fourth-order valence-electron chi connectivity index (χ4n) is 2.71. The van der Waals surface area contributed by atoms with Crippen molar-refractivity contribution in [1.29, 1.82) is 0 Å². The first-order chi connectivity index (χ1) is 11.1. The van der Waals surface area contributed by atoms with Crippen molar-refractivity contribution in [1.82, 2.24) is 10.2 Å². The van der Waals surface area contributed by atoms with E-state index in [0.717, 1.165) is 44.2 Å². The number of hydrogen-bond donors (Lipinski definition) is 1. The highest BCUT2D eigenvalue weighted by Gasteiger charge is 2.24. The summed E-state index contributed by atoms with van der Waals surface area (Å²) in [4.78, 5) is 17.2. The maximum atomic E-state index is 10.7. The van der Waals surface area contributed by atoms with Gasteiger partial charge >= 0.3 is 0 Å². The summed E-state index contributed by atoms with van der Waals surface area (Å²) in [5, 5.41) is 14.0. The number of nitro benzene ring substituents is 1. The van der Waals surface area contributed by atoms with Crippen LogP contribution in [-0.4, -0.2) is 49.1 Å². The molecule has 1 aliphatic rings. The molecule has 7 nitrogen and oxygen atoms in total. The van der Waals surface area contributed by atoms with Crippen molar-refractivity contribution in [2.45, 2.75) is 19.9 Å². The lowest BCUT2D eigenvalue weighted by Crippen LogP contribution is -2.40. The lowest BCUT2D eigenvalue weighted by Gasteiger charge is -2.21. The zero-order valence-corrected chi connectivity index (χ0v) is 13.7. The van der Waals surface area contributed by atoms with E-state index in [1.807, 2.05) is 6.92 Å². The van der Waals surface area contributed by atoms with Gasteiger partial charge in [0, 0.05) is 44.8 Å². The second kappa shape index (κ2) is 8.47. The van der Waals surface area contributed by atoms with Crippen LogP contribution in [0.2, 0.25) is 0 Å². The molecule has 7 heteroatoms. The molecule has 23 heavy (non-hydrogen) atoms. The lowest BCUT2D eigenvalue weighted by atomic mass is 10.1. The van der Waals surface area contributed by atoms with Gasteiger partial charge in [-0.15, -0.1) is 0 Å². The molecule has 1 atom stereocenters. The van der Waals surface area contributed by atoms with Crippen molar-refractivity contribution in [3.63, 3.8) is 0 Å². The first-order valence-electron chi connectivity index (χ1n) is 7.89. The number of non-ortho nitro benzene ring substituents is 1. The highest BCUT2D eigenvalue weighted by Crippen LogP contribution is 2.17. The molecule has 1 aliphatic heterocycles. The van der Waals surface area contributed by atoms with Gasteiger partial charge in [-0.25, -0.2) is 4.99 Å². The number of benzene rings is 1. The van der Waals surface area contributed by atoms with Gasteiger partial charge in [-0.1, -0.05) is 12.1 Å². The van der Waals surface area contributed by atoms with E-state index in [1.165, 1.54) is 12.1 Å². The third-order valence-corrected chi connectivity index (χ3v) is 3.88. The predicted molar refractivity (Wildman–Crippen MR) is 89.5 cm³/mol. The highest BCUT2D eigenvalue weighted by atomic mass is 16.6. The van der Waals surface area contributed by atoms with Gasteiger partial charge in [-0.2, -0.15) is 0 Å². The molecule has 0 amide bonds. The summed E-state index contributed by atoms with van der Waals surface area (Å²) >= 11 is 0. The summed E-state index contributed by atoms with van der Waals surface area (Å²) < 4.78 is 5.23. The van der Waals surface area contributed by atoms with Crippen LogP contribution in [0.1, 0.15) is 18.9 Å². The van der Waals surface area contributed by atoms with Crippen molar-refractivity contribution in [3.05, 3.63) is 39.9 Å². The first-order valence-corrected chi connectivity index (χ1v) is 7.89. The van der Waals surface area contributed by atoms with Crippen LogP contribution >= 0.6 is 0 Å². The maximum absolute atomic E-state index is 10.7. The number of ether oxygens (including phenoxy) is 1. The fourth-order valence-corrected chi connectivity index (χ4v) is 2.71.